The van der Waals surface area contributed by atoms with Gasteiger partial charge in [0.15, 0.2) is 5.75 Å². The summed E-state index contributed by atoms with van der Waals surface area (Å²) in [5.41, 5.74) is 2.57. The van der Waals surface area contributed by atoms with Crippen LogP contribution in [-0.4, -0.2) is 24.0 Å². The topological polar surface area (TPSA) is 41.8 Å². The highest BCUT2D eigenvalue weighted by Crippen LogP contribution is 2.49. The zero-order chi connectivity index (χ0) is 17.3. The lowest BCUT2D eigenvalue weighted by atomic mass is 9.82. The van der Waals surface area contributed by atoms with Gasteiger partial charge in [-0.05, 0) is 36.3 Å². The van der Waals surface area contributed by atoms with Gasteiger partial charge in [0.1, 0.15) is 10.7 Å². The highest BCUT2D eigenvalue weighted by atomic mass is 35.5. The molecule has 1 unspecified atom stereocenters. The van der Waals surface area contributed by atoms with Crippen LogP contribution in [0.4, 0.5) is 5.69 Å². The molecule has 0 bridgehead atoms. The molecule has 1 heterocycles. The Balaban J connectivity index is 1.94. The van der Waals surface area contributed by atoms with Crippen molar-refractivity contribution in [2.24, 2.45) is 16.8 Å². The van der Waals surface area contributed by atoms with Crippen LogP contribution >= 0.6 is 23.2 Å². The van der Waals surface area contributed by atoms with E-state index < -0.39 is 0 Å². The van der Waals surface area contributed by atoms with Gasteiger partial charge in [0, 0.05) is 11.6 Å². The van der Waals surface area contributed by atoms with E-state index in [1.54, 1.807) is 0 Å². The molecule has 132 valence electrons. The van der Waals surface area contributed by atoms with Crippen molar-refractivity contribution in [3.63, 3.8) is 0 Å². The number of hydrogen-bond acceptors (Lipinski definition) is 3. The third-order valence-electron chi connectivity index (χ3n) is 5.55. The van der Waals surface area contributed by atoms with Gasteiger partial charge in [0.25, 0.3) is 0 Å². The highest BCUT2D eigenvalue weighted by molar-refractivity contribution is 6.43. The maximum Gasteiger partial charge on any atom is 0.165 e. The van der Waals surface area contributed by atoms with E-state index in [4.69, 9.17) is 27.9 Å². The van der Waals surface area contributed by atoms with Crippen LogP contribution in [-0.2, 0) is 0 Å². The SMILES string of the molecule is CC1C(CO)=Nc2c(cc(Cl)c(Cl)c2OCC2CCCCC2)[C@H]1C. The maximum atomic E-state index is 9.62. The van der Waals surface area contributed by atoms with Crippen LogP contribution in [0.5, 0.6) is 5.75 Å². The van der Waals surface area contributed by atoms with Gasteiger partial charge in [-0.2, -0.15) is 0 Å². The van der Waals surface area contributed by atoms with Crippen molar-refractivity contribution in [1.82, 2.24) is 0 Å². The summed E-state index contributed by atoms with van der Waals surface area (Å²) in [6.45, 7) is 4.81. The monoisotopic (exact) mass is 369 g/mol. The van der Waals surface area contributed by atoms with Crippen LogP contribution in [0, 0.1) is 11.8 Å². The number of nitrogens with zero attached hydrogens (tertiary/aromatic N) is 1. The number of halogens is 2. The van der Waals surface area contributed by atoms with Crippen molar-refractivity contribution in [2.75, 3.05) is 13.2 Å². The van der Waals surface area contributed by atoms with Gasteiger partial charge in [0.05, 0.1) is 18.2 Å². The first-order valence-corrected chi connectivity index (χ1v) is 9.61. The largest absolute Gasteiger partial charge is 0.489 e. The molecule has 2 aliphatic rings. The fourth-order valence-corrected chi connectivity index (χ4v) is 4.15. The van der Waals surface area contributed by atoms with Crippen LogP contribution in [0.3, 0.4) is 0 Å². The van der Waals surface area contributed by atoms with Gasteiger partial charge in [-0.1, -0.05) is 56.3 Å². The molecule has 0 amide bonds. The normalized spacial score (nSPS) is 24.5. The van der Waals surface area contributed by atoms with Gasteiger partial charge in [-0.3, -0.25) is 4.99 Å². The predicted molar refractivity (Wildman–Crippen MR) is 100 cm³/mol. The van der Waals surface area contributed by atoms with Crippen LogP contribution in [0.2, 0.25) is 10.0 Å². The minimum Gasteiger partial charge on any atom is -0.489 e. The number of aliphatic hydroxyl groups excluding tert-OH is 1. The molecule has 0 radical (unpaired) electrons. The molecule has 5 heteroatoms. The zero-order valence-electron chi connectivity index (χ0n) is 14.3. The summed E-state index contributed by atoms with van der Waals surface area (Å²) >= 11 is 12.8. The molecule has 3 rings (SSSR count). The van der Waals surface area contributed by atoms with E-state index >= 15 is 0 Å². The van der Waals surface area contributed by atoms with Gasteiger partial charge >= 0.3 is 0 Å². The average Bonchev–Trinajstić information content (AvgIpc) is 2.60. The molecule has 1 aliphatic heterocycles. The number of aliphatic imine (C=N–C) groups is 1. The van der Waals surface area contributed by atoms with E-state index in [2.05, 4.69) is 18.8 Å². The van der Waals surface area contributed by atoms with Gasteiger partial charge < -0.3 is 9.84 Å². The Kier molecular flexibility index (Phi) is 5.74. The summed E-state index contributed by atoms with van der Waals surface area (Å²) in [5, 5.41) is 10.6. The number of fused-ring (bicyclic) bond motifs is 1. The summed E-state index contributed by atoms with van der Waals surface area (Å²) in [6, 6.07) is 1.89. The minimum atomic E-state index is -0.0484. The molecule has 24 heavy (non-hydrogen) atoms. The summed E-state index contributed by atoms with van der Waals surface area (Å²) in [7, 11) is 0. The van der Waals surface area contributed by atoms with Gasteiger partial charge in [0.2, 0.25) is 0 Å². The third-order valence-corrected chi connectivity index (χ3v) is 6.32. The summed E-state index contributed by atoms with van der Waals surface area (Å²) < 4.78 is 6.13. The van der Waals surface area contributed by atoms with Gasteiger partial charge in [-0.15, -0.1) is 0 Å². The minimum absolute atomic E-state index is 0.0484. The van der Waals surface area contributed by atoms with Crippen LogP contribution in [0.1, 0.15) is 57.4 Å². The second kappa shape index (κ2) is 7.63. The van der Waals surface area contributed by atoms with E-state index in [9.17, 15) is 5.11 Å². The summed E-state index contributed by atoms with van der Waals surface area (Å²) in [5.74, 6) is 1.54. The molecular formula is C19H25Cl2NO2. The quantitative estimate of drug-likeness (QED) is 0.731. The molecule has 2 atom stereocenters. The molecular weight excluding hydrogens is 345 g/mol. The van der Waals surface area contributed by atoms with Crippen LogP contribution < -0.4 is 4.74 Å². The summed E-state index contributed by atoms with van der Waals surface area (Å²) in [6.07, 6.45) is 6.29. The van der Waals surface area contributed by atoms with Gasteiger partial charge in [-0.25, -0.2) is 0 Å². The average molecular weight is 370 g/mol. The fourth-order valence-electron chi connectivity index (χ4n) is 3.74. The van der Waals surface area contributed by atoms with E-state index in [1.165, 1.54) is 32.1 Å². The van der Waals surface area contributed by atoms with E-state index in [-0.39, 0.29) is 18.4 Å². The Bertz CT molecular complexity index is 639. The van der Waals surface area contributed by atoms with Crippen molar-refractivity contribution >= 4 is 34.6 Å². The second-order valence-corrected chi connectivity index (χ2v) is 7.88. The van der Waals surface area contributed by atoms with Crippen molar-refractivity contribution < 1.29 is 9.84 Å². The van der Waals surface area contributed by atoms with Crippen molar-refractivity contribution in [2.45, 2.75) is 51.9 Å². The molecule has 1 aromatic carbocycles. The number of benzene rings is 1. The Hall–Kier alpha value is -0.770. The molecule has 1 fully saturated rings. The zero-order valence-corrected chi connectivity index (χ0v) is 15.8. The smallest absolute Gasteiger partial charge is 0.165 e. The predicted octanol–water partition coefficient (Wildman–Crippen LogP) is 5.77. The Morgan fingerprint density at radius 2 is 1.88 bits per heavy atom. The Morgan fingerprint density at radius 1 is 1.17 bits per heavy atom. The lowest BCUT2D eigenvalue weighted by Gasteiger charge is -2.30. The number of rotatable bonds is 4. The molecule has 1 aliphatic carbocycles. The standard InChI is InChI=1S/C19H25Cl2NO2/c1-11-12(2)16(9-23)22-18-14(11)8-15(20)17(21)19(18)24-10-13-6-4-3-5-7-13/h8,11-13,23H,3-7,9-10H2,1-2H3/t11-,12?/m0/s1. The third kappa shape index (κ3) is 3.44. The number of aliphatic hydroxyl groups is 1. The van der Waals surface area contributed by atoms with E-state index in [0.29, 0.717) is 28.3 Å². The molecule has 3 nitrogen and oxygen atoms in total. The lowest BCUT2D eigenvalue weighted by Crippen LogP contribution is -2.24. The van der Waals surface area contributed by atoms with E-state index in [1.807, 2.05) is 6.07 Å². The first-order valence-electron chi connectivity index (χ1n) is 8.86. The van der Waals surface area contributed by atoms with Crippen LogP contribution in [0.25, 0.3) is 0 Å². The molecule has 1 N–H and O–H groups in total. The maximum absolute atomic E-state index is 9.62. The first kappa shape index (κ1) is 18.0. The molecule has 1 saturated carbocycles. The molecule has 0 spiro atoms. The Morgan fingerprint density at radius 3 is 2.54 bits per heavy atom. The fraction of sp³-hybridized carbons (Fsp3) is 0.632. The van der Waals surface area contributed by atoms with Crippen molar-refractivity contribution in [1.29, 1.82) is 0 Å². The lowest BCUT2D eigenvalue weighted by molar-refractivity contribution is 0.209. The van der Waals surface area contributed by atoms with Crippen molar-refractivity contribution in [3.05, 3.63) is 21.7 Å². The summed E-state index contributed by atoms with van der Waals surface area (Å²) in [4.78, 5) is 4.66. The van der Waals surface area contributed by atoms with Crippen LogP contribution in [0.15, 0.2) is 11.1 Å². The first-order chi connectivity index (χ1) is 11.5. The Labute approximate surface area is 154 Å². The number of hydrogen-bond donors (Lipinski definition) is 1. The second-order valence-electron chi connectivity index (χ2n) is 7.09. The number of ether oxygens (including phenoxy) is 1. The highest BCUT2D eigenvalue weighted by Gasteiger charge is 2.31. The molecule has 0 saturated heterocycles. The molecule has 1 aromatic rings. The van der Waals surface area contributed by atoms with E-state index in [0.717, 1.165) is 17.0 Å². The molecule has 0 aromatic heterocycles. The van der Waals surface area contributed by atoms with Crippen molar-refractivity contribution in [3.8, 4) is 5.75 Å².